The van der Waals surface area contributed by atoms with Gasteiger partial charge < -0.3 is 19.5 Å². The van der Waals surface area contributed by atoms with E-state index in [2.05, 4.69) is 16.8 Å². The van der Waals surface area contributed by atoms with E-state index in [1.165, 1.54) is 0 Å². The molecule has 0 radical (unpaired) electrons. The first-order valence-electron chi connectivity index (χ1n) is 12.7. The summed E-state index contributed by atoms with van der Waals surface area (Å²) >= 11 is 0. The van der Waals surface area contributed by atoms with Crippen LogP contribution in [-0.2, 0) is 16.1 Å². The summed E-state index contributed by atoms with van der Waals surface area (Å²) in [5.41, 5.74) is 1.56. The minimum absolute atomic E-state index is 0.111. The molecular weight excluding hydrogens is 434 g/mol. The van der Waals surface area contributed by atoms with Crippen molar-refractivity contribution in [1.82, 2.24) is 9.80 Å². The molecule has 2 aliphatic carbocycles. The maximum atomic E-state index is 13.0. The van der Waals surface area contributed by atoms with Crippen LogP contribution in [0.1, 0.15) is 67.8 Å². The van der Waals surface area contributed by atoms with Crippen LogP contribution in [0.2, 0.25) is 0 Å². The summed E-state index contributed by atoms with van der Waals surface area (Å²) < 4.78 is 12.0. The van der Waals surface area contributed by atoms with E-state index in [0.717, 1.165) is 56.5 Å². The summed E-state index contributed by atoms with van der Waals surface area (Å²) in [6.45, 7) is 4.77. The van der Waals surface area contributed by atoms with Crippen LogP contribution in [0.25, 0.3) is 0 Å². The number of likely N-dealkylation sites (N-methyl/N-ethyl adjacent to an activating group) is 1. The topological polar surface area (TPSA) is 93.3 Å². The molecule has 8 nitrogen and oxygen atoms in total. The number of methoxy groups -OCH3 is 1. The lowest BCUT2D eigenvalue weighted by Crippen LogP contribution is -2.82. The zero-order valence-electron chi connectivity index (χ0n) is 20.2. The zero-order valence-corrected chi connectivity index (χ0v) is 20.2. The van der Waals surface area contributed by atoms with Crippen molar-refractivity contribution >= 4 is 17.7 Å². The van der Waals surface area contributed by atoms with Crippen LogP contribution in [0.4, 0.5) is 0 Å². The molecule has 0 spiro atoms. The molecule has 0 saturated heterocycles. The number of amides is 2. The molecule has 0 aromatic heterocycles. The SMILES string of the molecule is CCN(CC1CC(OC)C1)[C@H]1CCC[C@H]1Oc1ccc2c(c1)CN(C1CCC(=O)[NH+]=C1O)C2=O. The number of carbonyl (C=O) groups excluding carboxylic acids is 2. The summed E-state index contributed by atoms with van der Waals surface area (Å²) in [5, 5.41) is 10.2. The molecule has 2 aliphatic heterocycles. The Morgan fingerprint density at radius 3 is 2.76 bits per heavy atom. The van der Waals surface area contributed by atoms with Gasteiger partial charge >= 0.3 is 11.8 Å². The second-order valence-corrected chi connectivity index (χ2v) is 10.2. The molecule has 2 heterocycles. The number of aliphatic hydroxyl groups excluding tert-OH is 1. The molecule has 2 amide bonds. The first-order chi connectivity index (χ1) is 16.5. The van der Waals surface area contributed by atoms with Crippen molar-refractivity contribution in [1.29, 1.82) is 0 Å². The number of ether oxygens (including phenoxy) is 2. The van der Waals surface area contributed by atoms with Crippen LogP contribution in [0, 0.1) is 5.92 Å². The average Bonchev–Trinajstić information content (AvgIpc) is 3.37. The molecule has 1 aromatic rings. The van der Waals surface area contributed by atoms with E-state index >= 15 is 0 Å². The molecule has 2 saturated carbocycles. The Kier molecular flexibility index (Phi) is 6.62. The van der Waals surface area contributed by atoms with Crippen LogP contribution in [-0.4, -0.2) is 77.1 Å². The molecular formula is C26H36N3O5+. The highest BCUT2D eigenvalue weighted by atomic mass is 16.5. The van der Waals surface area contributed by atoms with E-state index in [4.69, 9.17) is 9.47 Å². The van der Waals surface area contributed by atoms with E-state index in [1.807, 2.05) is 18.2 Å². The minimum atomic E-state index is -0.483. The van der Waals surface area contributed by atoms with E-state index in [9.17, 15) is 14.7 Å². The van der Waals surface area contributed by atoms with Crippen molar-refractivity contribution in [3.8, 4) is 5.75 Å². The lowest BCUT2D eigenvalue weighted by atomic mass is 9.81. The second kappa shape index (κ2) is 9.66. The normalized spacial score (nSPS) is 31.0. The Labute approximate surface area is 200 Å². The minimum Gasteiger partial charge on any atom is -0.489 e. The first-order valence-corrected chi connectivity index (χ1v) is 12.7. The fourth-order valence-electron chi connectivity index (χ4n) is 6.12. The number of hydrogen-bond donors (Lipinski definition) is 2. The van der Waals surface area contributed by atoms with Crippen LogP contribution in [0.5, 0.6) is 5.75 Å². The van der Waals surface area contributed by atoms with E-state index in [0.29, 0.717) is 43.0 Å². The van der Waals surface area contributed by atoms with Gasteiger partial charge in [0.15, 0.2) is 6.04 Å². The third-order valence-corrected chi connectivity index (χ3v) is 8.11. The van der Waals surface area contributed by atoms with Gasteiger partial charge in [0, 0.05) is 31.8 Å². The number of fused-ring (bicyclic) bond motifs is 1. The van der Waals surface area contributed by atoms with Gasteiger partial charge in [-0.1, -0.05) is 6.92 Å². The second-order valence-electron chi connectivity index (χ2n) is 10.2. The molecule has 184 valence electrons. The monoisotopic (exact) mass is 470 g/mol. The van der Waals surface area contributed by atoms with Crippen molar-refractivity contribution < 1.29 is 29.2 Å². The van der Waals surface area contributed by atoms with Gasteiger partial charge in [0.25, 0.3) is 5.91 Å². The molecule has 1 unspecified atom stereocenters. The average molecular weight is 471 g/mol. The molecule has 0 bridgehead atoms. The molecule has 1 aromatic carbocycles. The van der Waals surface area contributed by atoms with Gasteiger partial charge in [-0.3, -0.25) is 9.69 Å². The summed E-state index contributed by atoms with van der Waals surface area (Å²) in [6.07, 6.45) is 6.97. The summed E-state index contributed by atoms with van der Waals surface area (Å²) in [6, 6.07) is 5.64. The largest absolute Gasteiger partial charge is 0.489 e. The van der Waals surface area contributed by atoms with Gasteiger partial charge in [-0.05, 0) is 74.8 Å². The lowest BCUT2D eigenvalue weighted by Gasteiger charge is -2.40. The summed E-state index contributed by atoms with van der Waals surface area (Å²) in [5.74, 6) is 1.05. The molecule has 3 atom stereocenters. The predicted molar refractivity (Wildman–Crippen MR) is 126 cm³/mol. The van der Waals surface area contributed by atoms with Crippen molar-refractivity contribution in [2.45, 2.75) is 82.7 Å². The highest BCUT2D eigenvalue weighted by Crippen LogP contribution is 2.35. The smallest absolute Gasteiger partial charge is 0.388 e. The van der Waals surface area contributed by atoms with Crippen molar-refractivity contribution in [3.63, 3.8) is 0 Å². The van der Waals surface area contributed by atoms with Gasteiger partial charge in [-0.2, -0.15) is 0 Å². The summed E-state index contributed by atoms with van der Waals surface area (Å²) in [4.78, 5) is 31.2. The number of nitrogens with zero attached hydrogens (tertiary/aromatic N) is 2. The van der Waals surface area contributed by atoms with Crippen LogP contribution in [0.15, 0.2) is 18.2 Å². The fourth-order valence-corrected chi connectivity index (χ4v) is 6.12. The van der Waals surface area contributed by atoms with Gasteiger partial charge in [0.1, 0.15) is 11.9 Å². The molecule has 34 heavy (non-hydrogen) atoms. The first kappa shape index (κ1) is 23.3. The number of aliphatic hydroxyl groups is 1. The van der Waals surface area contributed by atoms with Gasteiger partial charge in [0.05, 0.1) is 12.5 Å². The highest BCUT2D eigenvalue weighted by molar-refractivity contribution is 6.01. The van der Waals surface area contributed by atoms with E-state index < -0.39 is 6.04 Å². The van der Waals surface area contributed by atoms with Gasteiger partial charge in [-0.15, -0.1) is 4.99 Å². The van der Waals surface area contributed by atoms with Crippen LogP contribution >= 0.6 is 0 Å². The highest BCUT2D eigenvalue weighted by Gasteiger charge is 2.41. The Morgan fingerprint density at radius 2 is 2.03 bits per heavy atom. The Bertz CT molecular complexity index is 973. The lowest BCUT2D eigenvalue weighted by molar-refractivity contribution is -0.394. The number of nitrogens with one attached hydrogen (secondary N) is 1. The maximum absolute atomic E-state index is 13.0. The standard InChI is InChI=1S/C26H35N3O5/c1-3-28(14-16-11-19(12-16)33-2)21-5-4-6-23(21)34-18-7-8-20-17(13-18)15-29(26(20)32)22-9-10-24(30)27-25(22)31/h7-8,13,16,19,21-23H,3-6,9-12,14-15H2,1-2H3,(H,27,30,31)/p+1/t16?,19?,21-,22?,23+/m0/s1. The molecule has 2 fully saturated rings. The number of benzene rings is 1. The molecule has 2 N–H and O–H groups in total. The number of rotatable bonds is 8. The quantitative estimate of drug-likeness (QED) is 0.597. The van der Waals surface area contributed by atoms with Gasteiger partial charge in [0.2, 0.25) is 0 Å². The Morgan fingerprint density at radius 1 is 1.21 bits per heavy atom. The Balaban J connectivity index is 1.24. The molecule has 8 heteroatoms. The van der Waals surface area contributed by atoms with E-state index in [1.54, 1.807) is 12.0 Å². The maximum Gasteiger partial charge on any atom is 0.388 e. The molecule has 4 aliphatic rings. The third kappa shape index (κ3) is 4.45. The number of hydrogen-bond acceptors (Lipinski definition) is 5. The van der Waals surface area contributed by atoms with Crippen LogP contribution < -0.4 is 9.73 Å². The molecule has 5 rings (SSSR count). The number of carbonyl (C=O) groups is 2. The van der Waals surface area contributed by atoms with Gasteiger partial charge in [-0.25, -0.2) is 4.79 Å². The fraction of sp³-hybridized carbons (Fsp3) is 0.654. The van der Waals surface area contributed by atoms with Crippen molar-refractivity contribution in [2.24, 2.45) is 5.92 Å². The van der Waals surface area contributed by atoms with Crippen LogP contribution in [0.3, 0.4) is 0 Å². The van der Waals surface area contributed by atoms with Crippen molar-refractivity contribution in [2.75, 3.05) is 20.2 Å². The van der Waals surface area contributed by atoms with E-state index in [-0.39, 0.29) is 23.8 Å². The summed E-state index contributed by atoms with van der Waals surface area (Å²) in [7, 11) is 1.80. The van der Waals surface area contributed by atoms with Crippen molar-refractivity contribution in [3.05, 3.63) is 29.3 Å². The Hall–Kier alpha value is -2.45. The predicted octanol–water partition coefficient (Wildman–Crippen LogP) is 1.42. The third-order valence-electron chi connectivity index (χ3n) is 8.11. The zero-order chi connectivity index (χ0) is 23.8.